The minimum Gasteiger partial charge on any atom is -0.293 e. The Morgan fingerprint density at radius 1 is 1.16 bits per heavy atom. The van der Waals surface area contributed by atoms with Crippen molar-refractivity contribution in [3.63, 3.8) is 0 Å². The Morgan fingerprint density at radius 3 is 2.05 bits per heavy atom. The van der Waals surface area contributed by atoms with Gasteiger partial charge in [-0.2, -0.15) is 13.5 Å². The van der Waals surface area contributed by atoms with Crippen LogP contribution >= 0.6 is 0 Å². The molecule has 2 N–H and O–H groups in total. The molecule has 0 aromatic heterocycles. The van der Waals surface area contributed by atoms with Crippen molar-refractivity contribution in [2.75, 3.05) is 0 Å². The predicted octanol–water partition coefficient (Wildman–Crippen LogP) is -2.30. The van der Waals surface area contributed by atoms with Crippen molar-refractivity contribution < 1.29 is 37.0 Å². The van der Waals surface area contributed by atoms with Gasteiger partial charge in [0.1, 0.15) is 0 Å². The highest BCUT2D eigenvalue weighted by Crippen LogP contribution is 2.31. The van der Waals surface area contributed by atoms with Gasteiger partial charge < -0.3 is 0 Å². The molecule has 2 heterocycles. The summed E-state index contributed by atoms with van der Waals surface area (Å²) in [5.41, 5.74) is 0. The monoisotopic (exact) mass is 292 g/mol. The Balaban J connectivity index is 2.41. The van der Waals surface area contributed by atoms with E-state index in [1.807, 2.05) is 0 Å². The summed E-state index contributed by atoms with van der Waals surface area (Å²) in [5, 5.41) is 1.72. The molecule has 2 aliphatic heterocycles. The molecule has 1 unspecified atom stereocenters. The Bertz CT molecular complexity index is 580. The Labute approximate surface area is 106 Å². The van der Waals surface area contributed by atoms with Crippen LogP contribution in [0.2, 0.25) is 0 Å². The van der Waals surface area contributed by atoms with E-state index in [1.165, 1.54) is 0 Å². The van der Waals surface area contributed by atoms with Gasteiger partial charge in [-0.05, 0) is 0 Å². The zero-order valence-electron chi connectivity index (χ0n) is 9.28. The molecular formula is C8H8N2O8S. The Kier molecular flexibility index (Phi) is 2.91. The maximum absolute atomic E-state index is 11.5. The first-order valence-electron chi connectivity index (χ1n) is 5.03. The molecule has 10 nitrogen and oxygen atoms in total. The molecule has 0 spiro atoms. The van der Waals surface area contributed by atoms with Crippen molar-refractivity contribution >= 4 is 33.7 Å². The number of hydrogen-bond donors (Lipinski definition) is 2. The molecule has 0 aromatic carbocycles. The normalized spacial score (nSPS) is 28.2. The molecule has 0 aromatic rings. The van der Waals surface area contributed by atoms with Gasteiger partial charge in [-0.1, -0.05) is 0 Å². The van der Waals surface area contributed by atoms with Crippen LogP contribution in [0.1, 0.15) is 19.3 Å². The number of hydrogen-bond acceptors (Lipinski definition) is 7. The summed E-state index contributed by atoms with van der Waals surface area (Å²) in [5.74, 6) is -4.19. The van der Waals surface area contributed by atoms with Gasteiger partial charge in [0.15, 0.2) is 0 Å². The first-order valence-corrected chi connectivity index (χ1v) is 6.47. The van der Waals surface area contributed by atoms with E-state index >= 15 is 0 Å². The van der Waals surface area contributed by atoms with Crippen LogP contribution in [-0.2, 0) is 34.1 Å². The minimum absolute atomic E-state index is 0.0892. The average Bonchev–Trinajstić information content (AvgIpc) is 2.72. The second-order valence-electron chi connectivity index (χ2n) is 3.96. The molecule has 2 aliphatic rings. The van der Waals surface area contributed by atoms with Gasteiger partial charge in [-0.15, -0.1) is 0 Å². The molecular weight excluding hydrogens is 284 g/mol. The lowest BCUT2D eigenvalue weighted by molar-refractivity contribution is -0.209. The number of hydroxylamine groups is 2. The summed E-state index contributed by atoms with van der Waals surface area (Å²) in [6.45, 7) is 0. The molecule has 11 heteroatoms. The fourth-order valence-electron chi connectivity index (χ4n) is 1.69. The number of imide groups is 2. The van der Waals surface area contributed by atoms with Crippen molar-refractivity contribution in [3.05, 3.63) is 0 Å². The van der Waals surface area contributed by atoms with Crippen LogP contribution in [0.25, 0.3) is 0 Å². The van der Waals surface area contributed by atoms with Gasteiger partial charge >= 0.3 is 15.1 Å². The highest BCUT2D eigenvalue weighted by molar-refractivity contribution is 7.88. The Hall–Kier alpha value is -1.85. The summed E-state index contributed by atoms with van der Waals surface area (Å²) in [6, 6.07) is 0. The van der Waals surface area contributed by atoms with E-state index in [1.54, 1.807) is 5.32 Å². The quantitative estimate of drug-likeness (QED) is 0.436. The van der Waals surface area contributed by atoms with Crippen molar-refractivity contribution in [3.8, 4) is 0 Å². The first kappa shape index (κ1) is 13.6. The van der Waals surface area contributed by atoms with Gasteiger partial charge in [0.2, 0.25) is 5.91 Å². The molecule has 2 saturated heterocycles. The van der Waals surface area contributed by atoms with Crippen molar-refractivity contribution in [1.29, 1.82) is 0 Å². The number of nitrogens with zero attached hydrogens (tertiary/aromatic N) is 1. The van der Waals surface area contributed by atoms with E-state index in [0.717, 1.165) is 0 Å². The second kappa shape index (κ2) is 4.08. The fourth-order valence-corrected chi connectivity index (χ4v) is 2.46. The zero-order valence-corrected chi connectivity index (χ0v) is 10.1. The van der Waals surface area contributed by atoms with E-state index in [-0.39, 0.29) is 17.9 Å². The van der Waals surface area contributed by atoms with Crippen LogP contribution in [0.15, 0.2) is 0 Å². The largest absolute Gasteiger partial charge is 0.308 e. The van der Waals surface area contributed by atoms with Crippen molar-refractivity contribution in [2.45, 2.75) is 24.2 Å². The number of amides is 4. The third kappa shape index (κ3) is 2.01. The SMILES string of the molecule is O=C1CC(ON2C(=O)CCC2=O)(S(=O)(=O)O)C(=O)N1. The van der Waals surface area contributed by atoms with E-state index < -0.39 is 45.1 Å². The molecule has 2 fully saturated rings. The van der Waals surface area contributed by atoms with Gasteiger partial charge in [-0.25, -0.2) is 4.84 Å². The highest BCUT2D eigenvalue weighted by atomic mass is 32.2. The third-order valence-corrected chi connectivity index (χ3v) is 3.89. The summed E-state index contributed by atoms with van der Waals surface area (Å²) in [7, 11) is -5.18. The summed E-state index contributed by atoms with van der Waals surface area (Å²) in [6.07, 6.45) is -1.46. The molecule has 0 aliphatic carbocycles. The first-order chi connectivity index (χ1) is 8.67. The van der Waals surface area contributed by atoms with Crippen LogP contribution in [0.5, 0.6) is 0 Å². The number of carbonyl (C=O) groups excluding carboxylic acids is 4. The zero-order chi connectivity index (χ0) is 14.4. The maximum atomic E-state index is 11.5. The number of carbonyl (C=O) groups is 4. The molecule has 0 saturated carbocycles. The highest BCUT2D eigenvalue weighted by Gasteiger charge is 2.61. The van der Waals surface area contributed by atoms with E-state index in [4.69, 9.17) is 4.55 Å². The standard InChI is InChI=1S/C8H8N2O8S/c11-4-3-8(7(14)9-4,19(15,16)17)18-10-5(12)1-2-6(10)13/h1-3H2,(H,9,11,14)(H,15,16,17). The van der Waals surface area contributed by atoms with Gasteiger partial charge in [0.25, 0.3) is 17.7 Å². The molecule has 19 heavy (non-hydrogen) atoms. The van der Waals surface area contributed by atoms with Crippen LogP contribution < -0.4 is 5.32 Å². The topological polar surface area (TPSA) is 147 Å². The van der Waals surface area contributed by atoms with Crippen LogP contribution in [0.4, 0.5) is 0 Å². The van der Waals surface area contributed by atoms with E-state index in [9.17, 15) is 27.6 Å². The lowest BCUT2D eigenvalue weighted by atomic mass is 10.3. The van der Waals surface area contributed by atoms with Gasteiger partial charge in [-0.3, -0.25) is 29.0 Å². The van der Waals surface area contributed by atoms with Crippen molar-refractivity contribution in [2.24, 2.45) is 0 Å². The smallest absolute Gasteiger partial charge is 0.293 e. The van der Waals surface area contributed by atoms with Gasteiger partial charge in [0.05, 0.1) is 6.42 Å². The summed E-state index contributed by atoms with van der Waals surface area (Å²) < 4.78 is 31.6. The number of rotatable bonds is 3. The molecule has 0 bridgehead atoms. The molecule has 2 rings (SSSR count). The molecule has 104 valence electrons. The lowest BCUT2D eigenvalue weighted by Gasteiger charge is -2.25. The maximum Gasteiger partial charge on any atom is 0.308 e. The van der Waals surface area contributed by atoms with Crippen molar-refractivity contribution in [1.82, 2.24) is 10.4 Å². The minimum atomic E-state index is -5.18. The summed E-state index contributed by atoms with van der Waals surface area (Å²) >= 11 is 0. The second-order valence-corrected chi connectivity index (χ2v) is 5.56. The molecule has 0 radical (unpaired) electrons. The number of nitrogens with one attached hydrogen (secondary N) is 1. The Morgan fingerprint density at radius 2 is 1.68 bits per heavy atom. The van der Waals surface area contributed by atoms with Crippen LogP contribution in [-0.4, -0.2) is 46.6 Å². The average molecular weight is 292 g/mol. The lowest BCUT2D eigenvalue weighted by Crippen LogP contribution is -2.52. The fraction of sp³-hybridized carbons (Fsp3) is 0.500. The molecule has 1 atom stereocenters. The van der Waals surface area contributed by atoms with Gasteiger partial charge in [0, 0.05) is 12.8 Å². The summed E-state index contributed by atoms with van der Waals surface area (Å²) in [4.78, 5) is 46.8. The predicted molar refractivity (Wildman–Crippen MR) is 54.2 cm³/mol. The third-order valence-electron chi connectivity index (χ3n) is 2.65. The van der Waals surface area contributed by atoms with Crippen LogP contribution in [0.3, 0.4) is 0 Å². The van der Waals surface area contributed by atoms with E-state index in [2.05, 4.69) is 4.84 Å². The van der Waals surface area contributed by atoms with Crippen LogP contribution in [0, 0.1) is 0 Å². The van der Waals surface area contributed by atoms with E-state index in [0.29, 0.717) is 0 Å². The molecule has 4 amide bonds.